The van der Waals surface area contributed by atoms with Gasteiger partial charge in [-0.15, -0.1) is 0 Å². The molecule has 98 valence electrons. The Bertz CT molecular complexity index is 516. The van der Waals surface area contributed by atoms with Gasteiger partial charge in [0, 0.05) is 0 Å². The van der Waals surface area contributed by atoms with Crippen LogP contribution in [0.1, 0.15) is 25.0 Å². The summed E-state index contributed by atoms with van der Waals surface area (Å²) in [6.45, 7) is 4.15. The van der Waals surface area contributed by atoms with Gasteiger partial charge in [0.25, 0.3) is 0 Å². The Morgan fingerprint density at radius 2 is 1.16 bits per heavy atom. The molecular weight excluding hydrogens is 242 g/mol. The molecule has 0 nitrogen and oxygen atoms in total. The van der Waals surface area contributed by atoms with Crippen molar-refractivity contribution in [1.82, 2.24) is 0 Å². The van der Waals surface area contributed by atoms with Crippen LogP contribution in [-0.4, -0.2) is 0 Å². The van der Waals surface area contributed by atoms with Crippen LogP contribution in [-0.2, 0) is 0 Å². The van der Waals surface area contributed by atoms with Crippen molar-refractivity contribution < 1.29 is 8.78 Å². The molecule has 0 unspecified atom stereocenters. The first-order valence-corrected chi connectivity index (χ1v) is 6.30. The monoisotopic (exact) mass is 258 g/mol. The Morgan fingerprint density at radius 3 is 1.47 bits per heavy atom. The summed E-state index contributed by atoms with van der Waals surface area (Å²) in [6, 6.07) is 12.7. The van der Waals surface area contributed by atoms with Gasteiger partial charge in [0.2, 0.25) is 0 Å². The average Bonchev–Trinajstić information content (AvgIpc) is 2.38. The van der Waals surface area contributed by atoms with Gasteiger partial charge in [-0.25, -0.2) is 8.78 Å². The smallest absolute Gasteiger partial charge is 0.123 e. The van der Waals surface area contributed by atoms with Crippen molar-refractivity contribution in [2.24, 2.45) is 5.92 Å². The number of halogens is 2. The van der Waals surface area contributed by atoms with E-state index in [0.717, 1.165) is 16.7 Å². The number of rotatable bonds is 3. The second-order valence-electron chi connectivity index (χ2n) is 4.84. The van der Waals surface area contributed by atoms with Gasteiger partial charge in [0.05, 0.1) is 0 Å². The normalized spacial score (nSPS) is 10.6. The van der Waals surface area contributed by atoms with Crippen LogP contribution in [0.25, 0.3) is 5.57 Å². The first-order valence-electron chi connectivity index (χ1n) is 6.30. The highest BCUT2D eigenvalue weighted by Gasteiger charge is 2.06. The second kappa shape index (κ2) is 5.79. The second-order valence-corrected chi connectivity index (χ2v) is 4.84. The van der Waals surface area contributed by atoms with Crippen LogP contribution < -0.4 is 0 Å². The summed E-state index contributed by atoms with van der Waals surface area (Å²) < 4.78 is 26.0. The molecule has 0 radical (unpaired) electrons. The van der Waals surface area contributed by atoms with Gasteiger partial charge in [-0.1, -0.05) is 44.2 Å². The van der Waals surface area contributed by atoms with E-state index in [2.05, 4.69) is 19.9 Å². The molecule has 2 aromatic carbocycles. The molecule has 0 spiro atoms. The quantitative estimate of drug-likeness (QED) is 0.722. The predicted octanol–water partition coefficient (Wildman–Crippen LogP) is 5.05. The van der Waals surface area contributed by atoms with Crippen LogP contribution in [0.2, 0.25) is 0 Å². The maximum Gasteiger partial charge on any atom is 0.123 e. The van der Waals surface area contributed by atoms with Crippen molar-refractivity contribution >= 4 is 5.57 Å². The summed E-state index contributed by atoms with van der Waals surface area (Å²) in [7, 11) is 0. The molecule has 0 atom stereocenters. The minimum absolute atomic E-state index is 0.258. The molecule has 0 aliphatic rings. The van der Waals surface area contributed by atoms with Crippen LogP contribution in [0, 0.1) is 17.6 Å². The Morgan fingerprint density at radius 1 is 0.789 bits per heavy atom. The minimum Gasteiger partial charge on any atom is -0.207 e. The van der Waals surface area contributed by atoms with Gasteiger partial charge in [-0.3, -0.25) is 0 Å². The highest BCUT2D eigenvalue weighted by molar-refractivity contribution is 5.79. The number of hydrogen-bond acceptors (Lipinski definition) is 0. The molecule has 2 rings (SSSR count). The fourth-order valence-corrected chi connectivity index (χ4v) is 1.95. The molecule has 0 aromatic heterocycles. The van der Waals surface area contributed by atoms with Crippen LogP contribution >= 0.6 is 0 Å². The lowest BCUT2D eigenvalue weighted by atomic mass is 9.95. The lowest BCUT2D eigenvalue weighted by Crippen LogP contribution is -1.92. The Labute approximate surface area is 112 Å². The van der Waals surface area contributed by atoms with Gasteiger partial charge >= 0.3 is 0 Å². The third kappa shape index (κ3) is 3.50. The molecule has 0 N–H and O–H groups in total. The zero-order valence-electron chi connectivity index (χ0n) is 11.0. The highest BCUT2D eigenvalue weighted by atomic mass is 19.1. The fourth-order valence-electron chi connectivity index (χ4n) is 1.95. The van der Waals surface area contributed by atoms with Crippen LogP contribution in [0.5, 0.6) is 0 Å². The van der Waals surface area contributed by atoms with Crippen molar-refractivity contribution in [2.45, 2.75) is 13.8 Å². The molecule has 0 amide bonds. The maximum absolute atomic E-state index is 13.0. The molecule has 19 heavy (non-hydrogen) atoms. The van der Waals surface area contributed by atoms with Gasteiger partial charge in [-0.2, -0.15) is 0 Å². The molecule has 0 heterocycles. The van der Waals surface area contributed by atoms with Crippen LogP contribution in [0.15, 0.2) is 54.6 Å². The summed E-state index contributed by atoms with van der Waals surface area (Å²) in [4.78, 5) is 0. The average molecular weight is 258 g/mol. The first-order chi connectivity index (χ1) is 9.06. The van der Waals surface area contributed by atoms with E-state index in [1.807, 2.05) is 0 Å². The summed E-state index contributed by atoms with van der Waals surface area (Å²) in [6.07, 6.45) is 2.10. The molecule has 0 saturated heterocycles. The van der Waals surface area contributed by atoms with Crippen LogP contribution in [0.4, 0.5) is 8.78 Å². The standard InChI is InChI=1S/C17H16F2/c1-12(2)11-17(13-3-7-15(18)8-4-13)14-5-9-16(19)10-6-14/h3-12H,1-2H3. The van der Waals surface area contributed by atoms with Crippen molar-refractivity contribution in [3.63, 3.8) is 0 Å². The summed E-state index contributed by atoms with van der Waals surface area (Å²) in [5.74, 6) is -0.163. The lowest BCUT2D eigenvalue weighted by Gasteiger charge is -2.10. The van der Waals surface area contributed by atoms with Gasteiger partial charge in [0.1, 0.15) is 11.6 Å². The van der Waals surface area contributed by atoms with E-state index in [1.54, 1.807) is 24.3 Å². The van der Waals surface area contributed by atoms with Gasteiger partial charge in [-0.05, 0) is 46.9 Å². The SMILES string of the molecule is CC(C)C=C(c1ccc(F)cc1)c1ccc(F)cc1. The molecule has 0 aliphatic carbocycles. The molecule has 2 heteroatoms. The van der Waals surface area contributed by atoms with E-state index in [9.17, 15) is 8.78 Å². The van der Waals surface area contributed by atoms with Crippen LogP contribution in [0.3, 0.4) is 0 Å². The molecule has 0 fully saturated rings. The Hall–Kier alpha value is -1.96. The Balaban J connectivity index is 2.47. The largest absolute Gasteiger partial charge is 0.207 e. The lowest BCUT2D eigenvalue weighted by molar-refractivity contribution is 0.627. The third-order valence-corrected chi connectivity index (χ3v) is 2.81. The van der Waals surface area contributed by atoms with E-state index >= 15 is 0 Å². The van der Waals surface area contributed by atoms with E-state index in [0.29, 0.717) is 5.92 Å². The highest BCUT2D eigenvalue weighted by Crippen LogP contribution is 2.25. The fraction of sp³-hybridized carbons (Fsp3) is 0.176. The van der Waals surface area contributed by atoms with E-state index in [-0.39, 0.29) is 11.6 Å². The minimum atomic E-state index is -0.258. The zero-order chi connectivity index (χ0) is 13.8. The summed E-state index contributed by atoms with van der Waals surface area (Å²) in [5.41, 5.74) is 2.86. The molecule has 0 saturated carbocycles. The van der Waals surface area contributed by atoms with E-state index in [4.69, 9.17) is 0 Å². The van der Waals surface area contributed by atoms with Gasteiger partial charge in [0.15, 0.2) is 0 Å². The van der Waals surface area contributed by atoms with Crippen molar-refractivity contribution in [1.29, 1.82) is 0 Å². The molecule has 0 bridgehead atoms. The third-order valence-electron chi connectivity index (χ3n) is 2.81. The number of allylic oxidation sites excluding steroid dienone is 1. The Kier molecular flexibility index (Phi) is 4.10. The molecular formula is C17H16F2. The summed E-state index contributed by atoms with van der Waals surface area (Å²) >= 11 is 0. The van der Waals surface area contributed by atoms with Gasteiger partial charge < -0.3 is 0 Å². The summed E-state index contributed by atoms with van der Waals surface area (Å²) in [5, 5.41) is 0. The van der Waals surface area contributed by atoms with Crippen molar-refractivity contribution in [2.75, 3.05) is 0 Å². The van der Waals surface area contributed by atoms with Crippen molar-refractivity contribution in [3.05, 3.63) is 77.4 Å². The zero-order valence-corrected chi connectivity index (χ0v) is 11.0. The number of benzene rings is 2. The number of hydrogen-bond donors (Lipinski definition) is 0. The molecule has 0 aliphatic heterocycles. The van der Waals surface area contributed by atoms with E-state index in [1.165, 1.54) is 24.3 Å². The van der Waals surface area contributed by atoms with E-state index < -0.39 is 0 Å². The molecule has 2 aromatic rings. The predicted molar refractivity (Wildman–Crippen MR) is 74.7 cm³/mol. The first kappa shape index (κ1) is 13.5. The maximum atomic E-state index is 13.0. The topological polar surface area (TPSA) is 0 Å². The van der Waals surface area contributed by atoms with Crippen molar-refractivity contribution in [3.8, 4) is 0 Å².